The van der Waals surface area contributed by atoms with Gasteiger partial charge in [-0.2, -0.15) is 0 Å². The summed E-state index contributed by atoms with van der Waals surface area (Å²) in [7, 11) is -0.876. The summed E-state index contributed by atoms with van der Waals surface area (Å²) < 4.78 is 11.1. The molecule has 0 spiro atoms. The fourth-order valence-corrected chi connectivity index (χ4v) is 9.89. The van der Waals surface area contributed by atoms with Gasteiger partial charge in [0.15, 0.2) is 5.78 Å². The first kappa shape index (κ1) is 84.9. The first-order chi connectivity index (χ1) is 38.4. The molecule has 0 amide bonds. The number of aliphatic carboxylic acids is 1. The molecule has 9 atom stereocenters. The molecule has 1 aliphatic rings. The summed E-state index contributed by atoms with van der Waals surface area (Å²) in [4.78, 5) is 72.1. The van der Waals surface area contributed by atoms with Crippen LogP contribution in [0.4, 0.5) is 0 Å². The molecule has 0 bridgehead atoms. The Morgan fingerprint density at radius 3 is 1.36 bits per heavy atom. The van der Waals surface area contributed by atoms with E-state index < -0.39 is 64.0 Å². The van der Waals surface area contributed by atoms with Crippen LogP contribution in [0.2, 0.25) is 43.7 Å². The van der Waals surface area contributed by atoms with E-state index in [1.165, 1.54) is 0 Å². The van der Waals surface area contributed by atoms with Gasteiger partial charge in [0.1, 0.15) is 17.3 Å². The van der Waals surface area contributed by atoms with Gasteiger partial charge in [-0.1, -0.05) is 188 Å². The molecule has 0 aliphatic carbocycles. The van der Waals surface area contributed by atoms with Crippen LogP contribution >= 0.6 is 0 Å². The lowest BCUT2D eigenvalue weighted by Crippen LogP contribution is -2.48. The molecule has 17 nitrogen and oxygen atoms in total. The number of carbonyl (C=O) groups is 6. The fraction of sp³-hybridized carbons (Fsp3) is 0.810. The monoisotopic (exact) mass is 1190 g/mol. The van der Waals surface area contributed by atoms with E-state index in [4.69, 9.17) is 14.4 Å². The molecule has 1 aromatic rings. The Morgan fingerprint density at radius 2 is 0.988 bits per heavy atom. The molecule has 1 aliphatic heterocycles. The number of carbonyl (C=O) groups excluding carboxylic acids is 5. The number of carboxylic acid groups (broad SMARTS) is 1. The maximum absolute atomic E-state index is 12.8. The predicted octanol–water partition coefficient (Wildman–Crippen LogP) is 9.82. The Labute approximate surface area is 512 Å². The van der Waals surface area contributed by atoms with E-state index in [1.54, 1.807) is 34.3 Å². The standard InChI is InChI=1S/C19H32BNO2.C17H30BNO6.C14H30BNO3.C12H26BNO2.CH4/c1-14(2)11-17(20(5)23)13-19(22)18(21-15(3)4)12-16-9-7-6-8-10-16;1-10(2)6-13(7-14(20)9-19-11(3)4)18-24-15(8-16(21)22)12(5)17(23)25-18;1-9(2)7-12(15(6)19)8-13(18)14(11(5)17)16-10(3)4;1-9(2)6-11(13(5)16)7-12(15)8-14-10(3)4;/h6-10,14-15,17-18,21,23H,11-13H2,1-5H3;10-13,15,19H,6-9H2,1-5H3,(H,21,22);9-12,14,16-17,19H,7-8H2,1-6H3;9-11,14,16H,6-8H2,1-5H3;1H4/t17-,18+;12?,13-,15?;11-,12-,14+;11-;/m1111./s1. The first-order valence-electron chi connectivity index (χ1n) is 31.3. The largest absolute Gasteiger partial charge is 0.531 e. The van der Waals surface area contributed by atoms with Gasteiger partial charge >= 0.3 is 13.1 Å². The number of aliphatic hydroxyl groups excluding tert-OH is 1. The van der Waals surface area contributed by atoms with Gasteiger partial charge in [0.2, 0.25) is 0 Å². The lowest BCUT2D eigenvalue weighted by Gasteiger charge is -2.35. The molecule has 2 unspecified atom stereocenters. The fourth-order valence-electron chi connectivity index (χ4n) is 9.89. The van der Waals surface area contributed by atoms with Crippen molar-refractivity contribution < 1.29 is 63.4 Å². The predicted molar refractivity (Wildman–Crippen MR) is 350 cm³/mol. The molecule has 21 heteroatoms. The van der Waals surface area contributed by atoms with Crippen molar-refractivity contribution in [1.82, 2.24) is 21.3 Å². The van der Waals surface area contributed by atoms with Gasteiger partial charge in [0, 0.05) is 55.7 Å². The van der Waals surface area contributed by atoms with Crippen LogP contribution < -0.4 is 21.3 Å². The zero-order chi connectivity index (χ0) is 64.4. The highest BCUT2D eigenvalue weighted by atomic mass is 16.6. The zero-order valence-electron chi connectivity index (χ0n) is 55.5. The van der Waals surface area contributed by atoms with E-state index in [1.807, 2.05) is 73.6 Å². The summed E-state index contributed by atoms with van der Waals surface area (Å²) >= 11 is 0. The average molecular weight is 1190 g/mol. The van der Waals surface area contributed by atoms with Crippen molar-refractivity contribution in [3.8, 4) is 0 Å². The maximum Gasteiger partial charge on any atom is 0.531 e. The van der Waals surface area contributed by atoms with Gasteiger partial charge in [-0.15, -0.1) is 0 Å². The summed E-state index contributed by atoms with van der Waals surface area (Å²) in [5, 5.41) is 60.8. The molecular formula is C63H122B4N4O13. The van der Waals surface area contributed by atoms with Crippen molar-refractivity contribution in [3.05, 3.63) is 35.9 Å². The van der Waals surface area contributed by atoms with Gasteiger partial charge in [-0.3, -0.25) is 28.8 Å². The summed E-state index contributed by atoms with van der Waals surface area (Å²) in [5.74, 6) is -0.188. The van der Waals surface area contributed by atoms with Crippen molar-refractivity contribution in [3.63, 3.8) is 0 Å². The number of aliphatic hydroxyl groups is 1. The van der Waals surface area contributed by atoms with E-state index in [-0.39, 0.29) is 103 Å². The molecule has 1 aromatic carbocycles. The van der Waals surface area contributed by atoms with Gasteiger partial charge in [0.25, 0.3) is 26.7 Å². The normalized spacial score (nSPS) is 16.7. The van der Waals surface area contributed by atoms with Crippen LogP contribution in [0, 0.1) is 29.6 Å². The van der Waals surface area contributed by atoms with E-state index >= 15 is 0 Å². The second kappa shape index (κ2) is 45.9. The van der Waals surface area contributed by atoms with E-state index in [0.717, 1.165) is 24.8 Å². The topological polar surface area (TPSA) is 270 Å². The highest BCUT2D eigenvalue weighted by Crippen LogP contribution is 2.33. The van der Waals surface area contributed by atoms with E-state index in [0.29, 0.717) is 62.4 Å². The summed E-state index contributed by atoms with van der Waals surface area (Å²) in [6, 6.07) is 10.3. The zero-order valence-corrected chi connectivity index (χ0v) is 55.5. The SMILES string of the molecule is C.CB(O)[C@@H](CC(=O)CNC(C)C)CC(C)C.CB(O)[C@@H](CC(=O)[C@@H](NC(C)C)[C@@H](C)O)CC(C)C.CB(O)[C@@H](CC(=O)[C@H](Cc1ccccc1)NC(C)C)CC(C)C.CC(C)C[C@H](CC(=O)CNC(C)C)B1OC(=O)C(C)C(CC(=O)O)O1. The second-order valence-electron chi connectivity index (χ2n) is 26.6. The number of hydrogen-bond acceptors (Lipinski definition) is 16. The Kier molecular flexibility index (Phi) is 46.5. The first-order valence-corrected chi connectivity index (χ1v) is 31.3. The minimum absolute atomic E-state index is 0. The molecule has 84 heavy (non-hydrogen) atoms. The average Bonchev–Trinajstić information content (AvgIpc) is 3.57. The van der Waals surface area contributed by atoms with Crippen molar-refractivity contribution in [2.45, 2.75) is 288 Å². The molecule has 484 valence electrons. The van der Waals surface area contributed by atoms with Crippen molar-refractivity contribution in [2.24, 2.45) is 29.6 Å². The number of hydrogen-bond donors (Lipinski definition) is 9. The van der Waals surface area contributed by atoms with E-state index in [9.17, 15) is 48.9 Å². The third-order valence-corrected chi connectivity index (χ3v) is 14.2. The number of benzene rings is 1. The molecule has 0 radical (unpaired) electrons. The lowest BCUT2D eigenvalue weighted by atomic mass is 9.54. The van der Waals surface area contributed by atoms with Crippen molar-refractivity contribution in [1.29, 1.82) is 0 Å². The minimum Gasteiger partial charge on any atom is -0.509 e. The summed E-state index contributed by atoms with van der Waals surface area (Å²) in [5.41, 5.74) is 1.16. The molecule has 2 rings (SSSR count). The number of nitrogens with one attached hydrogen (secondary N) is 4. The Morgan fingerprint density at radius 1 is 0.583 bits per heavy atom. The van der Waals surface area contributed by atoms with Gasteiger partial charge < -0.3 is 55.9 Å². The van der Waals surface area contributed by atoms with Crippen molar-refractivity contribution >= 4 is 62.9 Å². The van der Waals surface area contributed by atoms with Crippen LogP contribution in [-0.2, 0) is 44.5 Å². The van der Waals surface area contributed by atoms with Crippen LogP contribution in [0.5, 0.6) is 0 Å². The molecule has 9 N–H and O–H groups in total. The summed E-state index contributed by atoms with van der Waals surface area (Å²) in [6.45, 7) is 40.5. The maximum atomic E-state index is 12.8. The highest BCUT2D eigenvalue weighted by Gasteiger charge is 2.46. The molecule has 1 heterocycles. The quantitative estimate of drug-likeness (QED) is 0.0281. The highest BCUT2D eigenvalue weighted by molar-refractivity contribution is 6.52. The van der Waals surface area contributed by atoms with Crippen LogP contribution in [0.3, 0.4) is 0 Å². The van der Waals surface area contributed by atoms with Gasteiger partial charge in [0.05, 0.1) is 49.7 Å². The lowest BCUT2D eigenvalue weighted by molar-refractivity contribution is -0.153. The third kappa shape index (κ3) is 41.8. The Balaban J connectivity index is -0.00000105. The number of ketones is 4. The molecule has 1 fully saturated rings. The number of Topliss-reactive ketones (excluding diaryl/α,β-unsaturated/α-hetero) is 4. The number of carboxylic acids is 1. The van der Waals surface area contributed by atoms with Crippen LogP contribution in [0.1, 0.15) is 195 Å². The van der Waals surface area contributed by atoms with Crippen LogP contribution in [-0.4, -0.2) is 150 Å². The third-order valence-electron chi connectivity index (χ3n) is 14.2. The molecular weight excluding hydrogens is 1060 g/mol. The minimum atomic E-state index is -1.03. The summed E-state index contributed by atoms with van der Waals surface area (Å²) in [6.07, 6.45) is 3.70. The Bertz CT molecular complexity index is 1940. The molecule has 0 saturated carbocycles. The molecule has 0 aromatic heterocycles. The van der Waals surface area contributed by atoms with Crippen molar-refractivity contribution in [2.75, 3.05) is 13.1 Å². The van der Waals surface area contributed by atoms with Crippen LogP contribution in [0.15, 0.2) is 30.3 Å². The van der Waals surface area contributed by atoms with Crippen LogP contribution in [0.25, 0.3) is 0 Å². The van der Waals surface area contributed by atoms with Gasteiger partial charge in [-0.05, 0) is 73.4 Å². The van der Waals surface area contributed by atoms with Gasteiger partial charge in [-0.25, -0.2) is 0 Å². The molecule has 1 saturated heterocycles. The Hall–Kier alpha value is -3.26. The van der Waals surface area contributed by atoms with E-state index in [2.05, 4.69) is 88.8 Å². The number of rotatable bonds is 37. The second-order valence-corrected chi connectivity index (χ2v) is 26.6. The smallest absolute Gasteiger partial charge is 0.509 e.